The highest BCUT2D eigenvalue weighted by Crippen LogP contribution is 2.45. The van der Waals surface area contributed by atoms with Crippen molar-refractivity contribution in [2.45, 2.75) is 0 Å². The van der Waals surface area contributed by atoms with Crippen LogP contribution in [-0.4, -0.2) is 24.1 Å². The summed E-state index contributed by atoms with van der Waals surface area (Å²) in [6.45, 7) is 0. The standard InChI is InChI=1S/C58H34N6S/c59-35-39-34-38(57-60-56(37-18-5-2-6-19-37)61-58(62-57)45-23-8-7-20-40(45)36-16-3-1-4-17-36)30-32-47(39)64-48-26-12-9-21-41(48)43-31-33-50-53(54(43)64)46-24-10-13-27-49(46)63(50)51-28-15-25-44-42-22-11-14-29-52(42)65-55(44)51/h1-34H. The maximum Gasteiger partial charge on any atom is 0.164 e. The molecular weight excluding hydrogens is 813 g/mol. The second kappa shape index (κ2) is 14.7. The lowest BCUT2D eigenvalue weighted by Gasteiger charge is -2.14. The van der Waals surface area contributed by atoms with Gasteiger partial charge in [-0.05, 0) is 59.7 Å². The number of para-hydroxylation sites is 2. The van der Waals surface area contributed by atoms with Crippen LogP contribution >= 0.6 is 11.3 Å². The third-order valence-corrected chi connectivity index (χ3v) is 13.8. The Morgan fingerprint density at radius 3 is 1.80 bits per heavy atom. The van der Waals surface area contributed by atoms with Crippen molar-refractivity contribution in [3.05, 3.63) is 212 Å². The van der Waals surface area contributed by atoms with Crippen molar-refractivity contribution in [3.8, 4) is 62.7 Å². The predicted molar refractivity (Wildman–Crippen MR) is 268 cm³/mol. The molecule has 0 fully saturated rings. The first-order valence-electron chi connectivity index (χ1n) is 21.6. The number of hydrogen-bond donors (Lipinski definition) is 0. The van der Waals surface area contributed by atoms with Gasteiger partial charge in [0.1, 0.15) is 6.07 Å². The maximum absolute atomic E-state index is 11.1. The minimum atomic E-state index is 0.489. The van der Waals surface area contributed by atoms with Crippen molar-refractivity contribution in [2.75, 3.05) is 0 Å². The number of nitrogens with zero attached hydrogens (tertiary/aromatic N) is 6. The molecule has 9 aromatic carbocycles. The van der Waals surface area contributed by atoms with E-state index < -0.39 is 0 Å². The van der Waals surface area contributed by atoms with Gasteiger partial charge in [0, 0.05) is 53.7 Å². The van der Waals surface area contributed by atoms with E-state index in [1.165, 1.54) is 20.2 Å². The minimum absolute atomic E-state index is 0.489. The smallest absolute Gasteiger partial charge is 0.164 e. The van der Waals surface area contributed by atoms with Crippen LogP contribution in [0.5, 0.6) is 0 Å². The second-order valence-electron chi connectivity index (χ2n) is 16.2. The van der Waals surface area contributed by atoms with Gasteiger partial charge in [-0.3, -0.25) is 0 Å². The van der Waals surface area contributed by atoms with Crippen LogP contribution < -0.4 is 0 Å². The fourth-order valence-electron chi connectivity index (χ4n) is 9.78. The first-order valence-corrected chi connectivity index (χ1v) is 22.4. The van der Waals surface area contributed by atoms with E-state index in [0.717, 1.165) is 82.8 Å². The number of thiophene rings is 1. The molecule has 0 spiro atoms. The summed E-state index contributed by atoms with van der Waals surface area (Å²) < 4.78 is 7.24. The Morgan fingerprint density at radius 1 is 0.400 bits per heavy atom. The van der Waals surface area contributed by atoms with Crippen LogP contribution in [0, 0.1) is 11.3 Å². The molecule has 4 heterocycles. The van der Waals surface area contributed by atoms with E-state index in [4.69, 9.17) is 15.0 Å². The third kappa shape index (κ3) is 5.75. The summed E-state index contributed by atoms with van der Waals surface area (Å²) in [7, 11) is 0. The van der Waals surface area contributed by atoms with Gasteiger partial charge in [-0.15, -0.1) is 11.3 Å². The molecular formula is C58H34N6S. The van der Waals surface area contributed by atoms with Gasteiger partial charge in [0.15, 0.2) is 17.5 Å². The Morgan fingerprint density at radius 2 is 1.02 bits per heavy atom. The quantitative estimate of drug-likeness (QED) is 0.167. The number of aromatic nitrogens is 5. The van der Waals surface area contributed by atoms with E-state index in [1.54, 1.807) is 0 Å². The van der Waals surface area contributed by atoms with E-state index in [0.29, 0.717) is 23.0 Å². The zero-order chi connectivity index (χ0) is 43.0. The summed E-state index contributed by atoms with van der Waals surface area (Å²) in [6, 6.07) is 74.2. The Bertz CT molecular complexity index is 4080. The lowest BCUT2D eigenvalue weighted by Crippen LogP contribution is -2.02. The van der Waals surface area contributed by atoms with Crippen LogP contribution in [0.25, 0.3) is 120 Å². The summed E-state index contributed by atoms with van der Waals surface area (Å²) in [5.74, 6) is 1.61. The molecule has 0 atom stereocenters. The fourth-order valence-corrected chi connectivity index (χ4v) is 11.0. The molecule has 0 aliphatic heterocycles. The number of hydrogen-bond acceptors (Lipinski definition) is 5. The van der Waals surface area contributed by atoms with Crippen LogP contribution in [0.3, 0.4) is 0 Å². The summed E-state index contributed by atoms with van der Waals surface area (Å²) in [5.41, 5.74) is 11.3. The fraction of sp³-hybridized carbons (Fsp3) is 0. The molecule has 0 saturated carbocycles. The van der Waals surface area contributed by atoms with Gasteiger partial charge in [0.25, 0.3) is 0 Å². The predicted octanol–water partition coefficient (Wildman–Crippen LogP) is 15.0. The van der Waals surface area contributed by atoms with E-state index >= 15 is 0 Å². The molecule has 0 radical (unpaired) electrons. The largest absolute Gasteiger partial charge is 0.308 e. The van der Waals surface area contributed by atoms with Gasteiger partial charge in [0.2, 0.25) is 0 Å². The minimum Gasteiger partial charge on any atom is -0.308 e. The second-order valence-corrected chi connectivity index (χ2v) is 17.3. The molecule has 0 aliphatic carbocycles. The van der Waals surface area contributed by atoms with Crippen LogP contribution in [-0.2, 0) is 0 Å². The highest BCUT2D eigenvalue weighted by molar-refractivity contribution is 7.26. The van der Waals surface area contributed by atoms with Crippen molar-refractivity contribution in [1.29, 1.82) is 5.26 Å². The van der Waals surface area contributed by atoms with E-state index in [2.05, 4.69) is 149 Å². The van der Waals surface area contributed by atoms with Crippen molar-refractivity contribution in [2.24, 2.45) is 0 Å². The monoisotopic (exact) mass is 846 g/mol. The molecule has 0 N–H and O–H groups in total. The van der Waals surface area contributed by atoms with E-state index in [1.807, 2.05) is 84.1 Å². The first-order chi connectivity index (χ1) is 32.2. The molecule has 0 aliphatic rings. The van der Waals surface area contributed by atoms with Crippen molar-refractivity contribution in [3.63, 3.8) is 0 Å². The number of nitriles is 1. The summed E-state index contributed by atoms with van der Waals surface area (Å²) in [4.78, 5) is 15.3. The maximum atomic E-state index is 11.1. The molecule has 13 aromatic rings. The first kappa shape index (κ1) is 36.9. The molecule has 0 saturated heterocycles. The molecule has 4 aromatic heterocycles. The van der Waals surface area contributed by atoms with Crippen LogP contribution in [0.15, 0.2) is 206 Å². The number of benzene rings is 9. The normalized spacial score (nSPS) is 11.7. The molecule has 65 heavy (non-hydrogen) atoms. The van der Waals surface area contributed by atoms with Crippen molar-refractivity contribution in [1.82, 2.24) is 24.1 Å². The number of rotatable bonds is 6. The van der Waals surface area contributed by atoms with Gasteiger partial charge in [0.05, 0.1) is 43.7 Å². The average Bonchev–Trinajstić information content (AvgIpc) is 4.04. The highest BCUT2D eigenvalue weighted by atomic mass is 32.1. The van der Waals surface area contributed by atoms with Crippen molar-refractivity contribution >= 4 is 75.1 Å². The summed E-state index contributed by atoms with van der Waals surface area (Å²) in [6.07, 6.45) is 0. The molecule has 302 valence electrons. The lowest BCUT2D eigenvalue weighted by molar-refractivity contribution is 1.07. The Labute approximate surface area is 377 Å². The van der Waals surface area contributed by atoms with Gasteiger partial charge in [-0.1, -0.05) is 158 Å². The van der Waals surface area contributed by atoms with Gasteiger partial charge >= 0.3 is 0 Å². The highest BCUT2D eigenvalue weighted by Gasteiger charge is 2.24. The van der Waals surface area contributed by atoms with Crippen LogP contribution in [0.4, 0.5) is 0 Å². The van der Waals surface area contributed by atoms with Gasteiger partial charge < -0.3 is 9.13 Å². The average molecular weight is 847 g/mol. The topological polar surface area (TPSA) is 72.3 Å². The Kier molecular flexibility index (Phi) is 8.35. The molecule has 6 nitrogen and oxygen atoms in total. The molecule has 0 unspecified atom stereocenters. The zero-order valence-electron chi connectivity index (χ0n) is 34.7. The molecule has 0 bridgehead atoms. The van der Waals surface area contributed by atoms with Crippen molar-refractivity contribution < 1.29 is 0 Å². The van der Waals surface area contributed by atoms with E-state index in [-0.39, 0.29) is 0 Å². The SMILES string of the molecule is N#Cc1cc(-c2nc(-c3ccccc3)nc(-c3ccccc3-c3ccccc3)n2)ccc1-n1c2ccccc2c2ccc3c(c4ccccc4n3-c3cccc4c3sc3ccccc34)c21. The number of fused-ring (bicyclic) bond motifs is 10. The molecule has 7 heteroatoms. The Balaban J connectivity index is 1.05. The van der Waals surface area contributed by atoms with Crippen LogP contribution in [0.1, 0.15) is 5.56 Å². The molecule has 13 rings (SSSR count). The third-order valence-electron chi connectivity index (χ3n) is 12.6. The van der Waals surface area contributed by atoms with Gasteiger partial charge in [-0.25, -0.2) is 15.0 Å². The van der Waals surface area contributed by atoms with E-state index in [9.17, 15) is 5.26 Å². The zero-order valence-corrected chi connectivity index (χ0v) is 35.5. The van der Waals surface area contributed by atoms with Crippen LogP contribution in [0.2, 0.25) is 0 Å². The molecule has 0 amide bonds. The summed E-state index contributed by atoms with van der Waals surface area (Å²) in [5, 5.41) is 18.2. The lowest BCUT2D eigenvalue weighted by atomic mass is 9.99. The summed E-state index contributed by atoms with van der Waals surface area (Å²) >= 11 is 1.84. The Hall–Kier alpha value is -8.70. The van der Waals surface area contributed by atoms with Gasteiger partial charge in [-0.2, -0.15) is 5.26 Å².